The first-order valence-corrected chi connectivity index (χ1v) is 9.64. The lowest BCUT2D eigenvalue weighted by molar-refractivity contribution is 0.351. The molecule has 2 unspecified atom stereocenters. The van der Waals surface area contributed by atoms with Crippen molar-refractivity contribution in [2.24, 2.45) is 11.8 Å². The molecule has 7 rings (SSSR count). The van der Waals surface area contributed by atoms with Crippen LogP contribution in [-0.2, 0) is 0 Å². The highest BCUT2D eigenvalue weighted by atomic mass is 14.5. The molecule has 0 heterocycles. The molecule has 4 aromatic rings. The smallest absolute Gasteiger partial charge is 0.0740 e. The minimum atomic E-state index is -0.308. The van der Waals surface area contributed by atoms with Crippen LogP contribution in [0.25, 0.3) is 21.5 Å². The van der Waals surface area contributed by atoms with Gasteiger partial charge in [-0.3, -0.25) is 0 Å². The van der Waals surface area contributed by atoms with E-state index in [0.717, 1.165) is 0 Å². The average Bonchev–Trinajstić information content (AvgIpc) is 2.75. The summed E-state index contributed by atoms with van der Waals surface area (Å²) in [5.74, 6) is -0.702. The van der Waals surface area contributed by atoms with Crippen molar-refractivity contribution in [3.8, 4) is 12.1 Å². The van der Waals surface area contributed by atoms with Gasteiger partial charge in [-0.1, -0.05) is 72.8 Å². The summed E-state index contributed by atoms with van der Waals surface area (Å²) in [7, 11) is 0. The van der Waals surface area contributed by atoms with E-state index in [-0.39, 0.29) is 23.7 Å². The van der Waals surface area contributed by atoms with Crippen LogP contribution in [0.2, 0.25) is 0 Å². The van der Waals surface area contributed by atoms with Crippen LogP contribution in [0.1, 0.15) is 34.1 Å². The quantitative estimate of drug-likeness (QED) is 0.396. The Morgan fingerprint density at radius 2 is 0.786 bits per heavy atom. The Labute approximate surface area is 163 Å². The fraction of sp³-hybridized carbons (Fsp3) is 0.154. The van der Waals surface area contributed by atoms with Crippen molar-refractivity contribution in [3.05, 3.63) is 95.1 Å². The van der Waals surface area contributed by atoms with E-state index >= 15 is 0 Å². The first-order valence-electron chi connectivity index (χ1n) is 9.64. The highest BCUT2D eigenvalue weighted by molar-refractivity contribution is 5.88. The van der Waals surface area contributed by atoms with E-state index in [4.69, 9.17) is 0 Å². The third kappa shape index (κ3) is 1.85. The van der Waals surface area contributed by atoms with Crippen LogP contribution in [0.5, 0.6) is 0 Å². The van der Waals surface area contributed by atoms with Crippen LogP contribution < -0.4 is 0 Å². The Hall–Kier alpha value is -3.62. The highest BCUT2D eigenvalue weighted by Crippen LogP contribution is 2.59. The lowest BCUT2D eigenvalue weighted by atomic mass is 9.54. The maximum atomic E-state index is 9.99. The predicted molar refractivity (Wildman–Crippen MR) is 110 cm³/mol. The molecule has 2 heteroatoms. The Bertz CT molecular complexity index is 1180. The van der Waals surface area contributed by atoms with Crippen molar-refractivity contribution in [1.82, 2.24) is 0 Å². The summed E-state index contributed by atoms with van der Waals surface area (Å²) in [4.78, 5) is 0. The van der Waals surface area contributed by atoms with Gasteiger partial charge in [0.05, 0.1) is 24.0 Å². The number of nitriles is 2. The number of benzene rings is 4. The minimum Gasteiger partial charge on any atom is -0.198 e. The molecule has 0 aliphatic heterocycles. The Morgan fingerprint density at radius 1 is 0.500 bits per heavy atom. The van der Waals surface area contributed by atoms with E-state index in [1.807, 2.05) is 0 Å². The summed E-state index contributed by atoms with van der Waals surface area (Å²) in [6.07, 6.45) is 0. The summed E-state index contributed by atoms with van der Waals surface area (Å²) in [5, 5.41) is 24.8. The third-order valence-electron chi connectivity index (χ3n) is 6.65. The van der Waals surface area contributed by atoms with Gasteiger partial charge in [0, 0.05) is 11.8 Å². The fourth-order valence-electron chi connectivity index (χ4n) is 5.46. The number of rotatable bonds is 0. The molecule has 0 aromatic heterocycles. The predicted octanol–water partition coefficient (Wildman–Crippen LogP) is 5.86. The van der Waals surface area contributed by atoms with Gasteiger partial charge >= 0.3 is 0 Å². The summed E-state index contributed by atoms with van der Waals surface area (Å²) >= 11 is 0. The van der Waals surface area contributed by atoms with Gasteiger partial charge in [0.25, 0.3) is 0 Å². The molecule has 4 aromatic carbocycles. The second-order valence-corrected chi connectivity index (χ2v) is 7.92. The maximum absolute atomic E-state index is 9.99. The van der Waals surface area contributed by atoms with Gasteiger partial charge in [-0.05, 0) is 43.8 Å². The lowest BCUT2D eigenvalue weighted by Gasteiger charge is -2.46. The summed E-state index contributed by atoms with van der Waals surface area (Å²) in [6, 6.07) is 30.7. The molecule has 2 nitrogen and oxygen atoms in total. The van der Waals surface area contributed by atoms with Crippen LogP contribution in [0.15, 0.2) is 72.8 Å². The van der Waals surface area contributed by atoms with Gasteiger partial charge in [-0.2, -0.15) is 10.5 Å². The molecule has 130 valence electrons. The van der Waals surface area contributed by atoms with Crippen molar-refractivity contribution >= 4 is 21.5 Å². The zero-order valence-electron chi connectivity index (χ0n) is 15.1. The Kier molecular flexibility index (Phi) is 3.00. The number of nitrogens with zero attached hydrogens (tertiary/aromatic N) is 2. The first kappa shape index (κ1) is 15.4. The van der Waals surface area contributed by atoms with Crippen molar-refractivity contribution in [2.75, 3.05) is 0 Å². The molecule has 0 N–H and O–H groups in total. The van der Waals surface area contributed by atoms with Gasteiger partial charge in [0.1, 0.15) is 0 Å². The van der Waals surface area contributed by atoms with Crippen molar-refractivity contribution in [3.63, 3.8) is 0 Å². The van der Waals surface area contributed by atoms with Gasteiger partial charge in [0.15, 0.2) is 0 Å². The Balaban J connectivity index is 1.73. The zero-order chi connectivity index (χ0) is 18.8. The standard InChI is InChI=1S/C26H16N2/c27-13-23-24(14-28)26-20-10-16-6-2-1-5-15(16)9-19(20)25(23)21-11-17-7-3-4-8-18(17)12-22(21)26/h1-12,23-26H. The SMILES string of the molecule is N#CC1C2c3cc4ccccc4cc3C(c3cc4ccccc4cc32)C1C#N. The third-order valence-corrected chi connectivity index (χ3v) is 6.65. The van der Waals surface area contributed by atoms with Crippen LogP contribution in [0, 0.1) is 34.5 Å². The molecule has 0 saturated carbocycles. The molecule has 28 heavy (non-hydrogen) atoms. The Morgan fingerprint density at radius 3 is 1.04 bits per heavy atom. The molecular weight excluding hydrogens is 340 g/mol. The van der Waals surface area contributed by atoms with Gasteiger partial charge < -0.3 is 0 Å². The largest absolute Gasteiger partial charge is 0.198 e. The van der Waals surface area contributed by atoms with Crippen molar-refractivity contribution in [1.29, 1.82) is 10.5 Å². The van der Waals surface area contributed by atoms with Crippen molar-refractivity contribution < 1.29 is 0 Å². The molecule has 0 fully saturated rings. The van der Waals surface area contributed by atoms with Crippen LogP contribution in [0.4, 0.5) is 0 Å². The molecule has 0 radical (unpaired) electrons. The minimum absolute atomic E-state index is 0.0427. The molecule has 0 amide bonds. The average molecular weight is 356 g/mol. The first-order chi connectivity index (χ1) is 13.8. The molecule has 0 saturated heterocycles. The molecule has 3 aliphatic carbocycles. The van der Waals surface area contributed by atoms with Crippen molar-refractivity contribution in [2.45, 2.75) is 11.8 Å². The van der Waals surface area contributed by atoms with Crippen LogP contribution in [0.3, 0.4) is 0 Å². The summed E-state index contributed by atoms with van der Waals surface area (Å²) in [5.41, 5.74) is 4.91. The zero-order valence-corrected chi connectivity index (χ0v) is 15.1. The maximum Gasteiger partial charge on any atom is 0.0740 e. The van der Waals surface area contributed by atoms with E-state index in [0.29, 0.717) is 0 Å². The fourth-order valence-corrected chi connectivity index (χ4v) is 5.46. The normalized spacial score (nSPS) is 24.4. The second kappa shape index (κ2) is 5.44. The number of hydrogen-bond donors (Lipinski definition) is 0. The van der Waals surface area contributed by atoms with E-state index < -0.39 is 0 Å². The topological polar surface area (TPSA) is 47.6 Å². The summed E-state index contributed by atoms with van der Waals surface area (Å²) < 4.78 is 0. The van der Waals surface area contributed by atoms with E-state index in [1.54, 1.807) is 0 Å². The van der Waals surface area contributed by atoms with Gasteiger partial charge in [-0.15, -0.1) is 0 Å². The monoisotopic (exact) mass is 356 g/mol. The molecule has 2 bridgehead atoms. The molecule has 3 aliphatic rings. The second-order valence-electron chi connectivity index (χ2n) is 7.92. The van der Waals surface area contributed by atoms with E-state index in [1.165, 1.54) is 43.8 Å². The van der Waals surface area contributed by atoms with E-state index in [9.17, 15) is 10.5 Å². The molecule has 0 spiro atoms. The highest BCUT2D eigenvalue weighted by Gasteiger charge is 2.50. The van der Waals surface area contributed by atoms with E-state index in [2.05, 4.69) is 84.9 Å². The summed E-state index contributed by atoms with van der Waals surface area (Å²) in [6.45, 7) is 0. The lowest BCUT2D eigenvalue weighted by Crippen LogP contribution is -2.38. The van der Waals surface area contributed by atoms with Crippen LogP contribution in [-0.4, -0.2) is 0 Å². The van der Waals surface area contributed by atoms with Gasteiger partial charge in [-0.25, -0.2) is 0 Å². The number of hydrogen-bond acceptors (Lipinski definition) is 2. The van der Waals surface area contributed by atoms with Crippen LogP contribution >= 0.6 is 0 Å². The number of fused-ring (bicyclic) bond motifs is 3. The molecule has 2 atom stereocenters. The van der Waals surface area contributed by atoms with Gasteiger partial charge in [0.2, 0.25) is 0 Å². The molecular formula is C26H16N2.